The minimum atomic E-state index is -0.416. The Balaban J connectivity index is 1.98. The fourth-order valence-electron chi connectivity index (χ4n) is 3.62. The van der Waals surface area contributed by atoms with Crippen molar-refractivity contribution in [2.45, 2.75) is 12.8 Å². The number of benzene rings is 2. The van der Waals surface area contributed by atoms with Gasteiger partial charge in [-0.15, -0.1) is 11.3 Å². The van der Waals surface area contributed by atoms with Crippen LogP contribution in [-0.2, 0) is 0 Å². The Morgan fingerprint density at radius 3 is 2.68 bits per heavy atom. The fraction of sp³-hybridized carbons (Fsp3) is 0.143. The van der Waals surface area contributed by atoms with Crippen molar-refractivity contribution in [3.05, 3.63) is 86.1 Å². The van der Waals surface area contributed by atoms with Gasteiger partial charge in [0.1, 0.15) is 0 Å². The number of hydrogen-bond donors (Lipinski definition) is 2. The van der Waals surface area contributed by atoms with E-state index in [9.17, 15) is 15.1 Å². The quantitative estimate of drug-likeness (QED) is 0.299. The van der Waals surface area contributed by atoms with Gasteiger partial charge >= 0.3 is 7.48 Å². The lowest BCUT2D eigenvalue weighted by atomic mass is 9.88. The van der Waals surface area contributed by atoms with Crippen LogP contribution in [0.4, 0.5) is 0 Å². The van der Waals surface area contributed by atoms with Crippen LogP contribution in [0.5, 0.6) is 0 Å². The summed E-state index contributed by atoms with van der Waals surface area (Å²) in [7, 11) is 1.03. The highest BCUT2D eigenvalue weighted by atomic mass is 32.1. The van der Waals surface area contributed by atoms with Gasteiger partial charge in [-0.3, -0.25) is 10.1 Å². The molecule has 4 rings (SSSR count). The Morgan fingerprint density at radius 1 is 1.21 bits per heavy atom. The Hall–Kier alpha value is -2.90. The van der Waals surface area contributed by atoms with Crippen LogP contribution < -0.4 is 5.46 Å². The van der Waals surface area contributed by atoms with Crippen LogP contribution in [0.1, 0.15) is 21.9 Å². The molecule has 2 heterocycles. The summed E-state index contributed by atoms with van der Waals surface area (Å²) < 4.78 is 0. The average molecular weight is 389 g/mol. The molecule has 0 amide bonds. The third kappa shape index (κ3) is 3.46. The van der Waals surface area contributed by atoms with Crippen LogP contribution in [-0.4, -0.2) is 29.0 Å². The summed E-state index contributed by atoms with van der Waals surface area (Å²) in [5, 5.41) is 23.7. The second-order valence-corrected chi connectivity index (χ2v) is 7.75. The van der Waals surface area contributed by atoms with E-state index in [2.05, 4.69) is 11.1 Å². The minimum Gasteiger partial charge on any atom is -0.450 e. The van der Waals surface area contributed by atoms with Gasteiger partial charge in [0, 0.05) is 26.3 Å². The van der Waals surface area contributed by atoms with E-state index in [0.29, 0.717) is 5.46 Å². The fourth-order valence-corrected chi connectivity index (χ4v) is 4.58. The molecule has 0 saturated heterocycles. The molecule has 28 heavy (non-hydrogen) atoms. The molecule has 0 saturated carbocycles. The second kappa shape index (κ2) is 7.62. The summed E-state index contributed by atoms with van der Waals surface area (Å²) in [6, 6.07) is 17.8. The maximum absolute atomic E-state index is 11.5. The second-order valence-electron chi connectivity index (χ2n) is 6.81. The van der Waals surface area contributed by atoms with Gasteiger partial charge in [0.25, 0.3) is 0 Å². The van der Waals surface area contributed by atoms with Crippen molar-refractivity contribution < 1.29 is 9.95 Å². The van der Waals surface area contributed by atoms with E-state index in [1.807, 2.05) is 60.8 Å². The molecule has 0 aliphatic heterocycles. The number of fused-ring (bicyclic) bond motifs is 1. The Bertz CT molecular complexity index is 1140. The van der Waals surface area contributed by atoms with Gasteiger partial charge in [-0.1, -0.05) is 48.5 Å². The maximum atomic E-state index is 11.5. The number of H-pyrrole nitrogens is 1. The van der Waals surface area contributed by atoms with Gasteiger partial charge in [0.05, 0.1) is 11.6 Å². The molecule has 2 aromatic heterocycles. The van der Waals surface area contributed by atoms with Crippen molar-refractivity contribution in [1.29, 1.82) is 0 Å². The Kier molecular flexibility index (Phi) is 5.02. The SMILES string of the molecule is Cc1ccc2c(C(C[N+](=O)[O-])c3cc([B]O)cs3)c(-c3ccccc3)[nH]c2c1. The molecule has 139 valence electrons. The average Bonchev–Trinajstić information content (AvgIpc) is 3.31. The molecule has 1 unspecified atom stereocenters. The van der Waals surface area contributed by atoms with E-state index in [4.69, 9.17) is 0 Å². The van der Waals surface area contributed by atoms with Gasteiger partial charge < -0.3 is 10.0 Å². The van der Waals surface area contributed by atoms with Crippen LogP contribution in [0.25, 0.3) is 22.2 Å². The summed E-state index contributed by atoms with van der Waals surface area (Å²) in [4.78, 5) is 15.6. The van der Waals surface area contributed by atoms with Crippen molar-refractivity contribution in [2.75, 3.05) is 6.54 Å². The zero-order valence-electron chi connectivity index (χ0n) is 15.3. The third-order valence-corrected chi connectivity index (χ3v) is 5.93. The Morgan fingerprint density at radius 2 is 2.00 bits per heavy atom. The minimum absolute atomic E-state index is 0.216. The monoisotopic (exact) mass is 389 g/mol. The number of rotatable bonds is 6. The van der Waals surface area contributed by atoms with Crippen LogP contribution in [0.3, 0.4) is 0 Å². The van der Waals surface area contributed by atoms with E-state index in [0.717, 1.165) is 45.6 Å². The predicted octanol–water partition coefficient (Wildman–Crippen LogP) is 3.85. The predicted molar refractivity (Wildman–Crippen MR) is 114 cm³/mol. The van der Waals surface area contributed by atoms with E-state index in [1.165, 1.54) is 11.3 Å². The van der Waals surface area contributed by atoms with Crippen molar-refractivity contribution in [2.24, 2.45) is 0 Å². The number of aromatic amines is 1. The largest absolute Gasteiger partial charge is 0.450 e. The van der Waals surface area contributed by atoms with Gasteiger partial charge in [0.15, 0.2) is 0 Å². The number of nitro groups is 1. The van der Waals surface area contributed by atoms with Crippen molar-refractivity contribution in [3.8, 4) is 11.3 Å². The van der Waals surface area contributed by atoms with E-state index in [1.54, 1.807) is 0 Å². The van der Waals surface area contributed by atoms with Gasteiger partial charge in [-0.25, -0.2) is 0 Å². The molecular formula is C21H18BN2O3S. The molecule has 0 fully saturated rings. The molecule has 0 aliphatic rings. The maximum Gasteiger partial charge on any atom is 0.327 e. The highest BCUT2D eigenvalue weighted by molar-refractivity contribution is 7.11. The summed E-state index contributed by atoms with van der Waals surface area (Å²) >= 11 is 1.43. The van der Waals surface area contributed by atoms with Crippen LogP contribution in [0.2, 0.25) is 0 Å². The van der Waals surface area contributed by atoms with Crippen molar-refractivity contribution in [1.82, 2.24) is 4.98 Å². The lowest BCUT2D eigenvalue weighted by Gasteiger charge is -2.14. The molecule has 0 bridgehead atoms. The topological polar surface area (TPSA) is 79.2 Å². The molecule has 4 aromatic rings. The zero-order valence-corrected chi connectivity index (χ0v) is 16.1. The Labute approximate surface area is 167 Å². The molecule has 1 radical (unpaired) electrons. The van der Waals surface area contributed by atoms with Crippen molar-refractivity contribution in [3.63, 3.8) is 0 Å². The number of aryl methyl sites for hydroxylation is 1. The first-order valence-electron chi connectivity index (χ1n) is 8.92. The van der Waals surface area contributed by atoms with Crippen LogP contribution in [0, 0.1) is 17.0 Å². The standard InChI is InChI=1S/C21H18BN2O3S/c1-13-7-8-16-18(9-13)23-21(14-5-3-2-4-6-14)20(16)17(11-24(26)27)19-10-15(22-25)12-28-19/h2-10,12,17,23,25H,11H2,1H3. The highest BCUT2D eigenvalue weighted by Crippen LogP contribution is 2.40. The van der Waals surface area contributed by atoms with Gasteiger partial charge in [0.2, 0.25) is 6.54 Å². The molecule has 7 heteroatoms. The lowest BCUT2D eigenvalue weighted by molar-refractivity contribution is -0.481. The molecule has 0 aliphatic carbocycles. The third-order valence-electron chi connectivity index (χ3n) is 4.87. The first kappa shape index (κ1) is 18.5. The summed E-state index contributed by atoms with van der Waals surface area (Å²) in [5.41, 5.74) is 5.56. The number of nitrogens with zero attached hydrogens (tertiary/aromatic N) is 1. The smallest absolute Gasteiger partial charge is 0.327 e. The number of aromatic nitrogens is 1. The van der Waals surface area contributed by atoms with Crippen molar-refractivity contribution >= 4 is 35.2 Å². The summed E-state index contributed by atoms with van der Waals surface area (Å²) in [5.74, 6) is -0.416. The zero-order chi connectivity index (χ0) is 19.7. The van der Waals surface area contributed by atoms with Gasteiger partial charge in [-0.2, -0.15) is 0 Å². The van der Waals surface area contributed by atoms with E-state index >= 15 is 0 Å². The van der Waals surface area contributed by atoms with E-state index < -0.39 is 5.92 Å². The molecule has 5 nitrogen and oxygen atoms in total. The number of nitrogens with one attached hydrogen (secondary N) is 1. The highest BCUT2D eigenvalue weighted by Gasteiger charge is 2.28. The first-order chi connectivity index (χ1) is 13.6. The van der Waals surface area contributed by atoms with E-state index in [-0.39, 0.29) is 11.5 Å². The molecular weight excluding hydrogens is 371 g/mol. The van der Waals surface area contributed by atoms with Crippen LogP contribution >= 0.6 is 11.3 Å². The lowest BCUT2D eigenvalue weighted by Crippen LogP contribution is -2.15. The molecule has 2 N–H and O–H groups in total. The summed E-state index contributed by atoms with van der Waals surface area (Å²) in [6.45, 7) is 1.81. The number of thiophene rings is 1. The molecule has 2 aromatic carbocycles. The summed E-state index contributed by atoms with van der Waals surface area (Å²) in [6.07, 6.45) is 0. The number of hydrogen-bond acceptors (Lipinski definition) is 4. The van der Waals surface area contributed by atoms with Crippen LogP contribution in [0.15, 0.2) is 60.0 Å². The van der Waals surface area contributed by atoms with Gasteiger partial charge in [-0.05, 0) is 35.0 Å². The normalized spacial score (nSPS) is 12.2. The first-order valence-corrected chi connectivity index (χ1v) is 9.80. The molecule has 0 spiro atoms. The molecule has 1 atom stereocenters.